The van der Waals surface area contributed by atoms with Gasteiger partial charge in [-0.1, -0.05) is 182 Å². The molecule has 5 nitrogen and oxygen atoms in total. The Morgan fingerprint density at radius 1 is 0.545 bits per heavy atom. The molecule has 0 fully saturated rings. The Balaban J connectivity index is 0.00000548. The van der Waals surface area contributed by atoms with Gasteiger partial charge in [-0.25, -0.2) is 4.98 Å². The van der Waals surface area contributed by atoms with E-state index in [1.165, 1.54) is 5.56 Å². The zero-order valence-corrected chi connectivity index (χ0v) is 41.3. The monoisotopic (exact) mass is 1040 g/mol. The number of pyridine rings is 1. The first kappa shape index (κ1) is 44.6. The van der Waals surface area contributed by atoms with Crippen LogP contribution >= 0.6 is 0 Å². The molecule has 0 atom stereocenters. The average molecular weight is 1040 g/mol. The average Bonchev–Trinajstić information content (AvgIpc) is 3.87. The molecule has 0 aliphatic carbocycles. The summed E-state index contributed by atoms with van der Waals surface area (Å²) in [6, 6.07) is 56.9. The van der Waals surface area contributed by atoms with Gasteiger partial charge in [0.15, 0.2) is 0 Å². The summed E-state index contributed by atoms with van der Waals surface area (Å²) in [6.45, 7) is 19.9. The number of nitrogens with zero attached hydrogens (tertiary/aromatic N) is 3. The Bertz CT molecular complexity index is 3430. The molecule has 0 unspecified atom stereocenters. The summed E-state index contributed by atoms with van der Waals surface area (Å²) in [5.74, 6) is 0.903. The molecule has 0 spiro atoms. The number of para-hydroxylation sites is 2. The minimum absolute atomic E-state index is 0. The largest absolute Gasteiger partial charge is 0.507 e. The molecule has 0 aliphatic rings. The number of benzene rings is 7. The summed E-state index contributed by atoms with van der Waals surface area (Å²) in [7, 11) is 0. The summed E-state index contributed by atoms with van der Waals surface area (Å²) in [5.41, 5.74) is 15.3. The maximum absolute atomic E-state index is 12.6. The van der Waals surface area contributed by atoms with Gasteiger partial charge in [0.2, 0.25) is 0 Å². The number of hydrogen-bond donors (Lipinski definition) is 1. The fourth-order valence-electron chi connectivity index (χ4n) is 9.11. The van der Waals surface area contributed by atoms with E-state index in [1.54, 1.807) is 0 Å². The van der Waals surface area contributed by atoms with Crippen LogP contribution in [0.3, 0.4) is 0 Å². The van der Waals surface area contributed by atoms with Crippen LogP contribution in [0.2, 0.25) is 0 Å². The van der Waals surface area contributed by atoms with Crippen molar-refractivity contribution in [1.82, 2.24) is 14.5 Å². The predicted molar refractivity (Wildman–Crippen MR) is 270 cm³/mol. The van der Waals surface area contributed by atoms with Crippen molar-refractivity contribution in [2.24, 2.45) is 0 Å². The SMILES string of the molecule is CC(C)(C)c1ccc(-n2c(-c3cc(C(C)(C)C)cc(C(C)(C)C)c3O)nc3c(-c4[c-]c(-c5nccc6oc7ccccc7c56)cc(-c5ccccc5)c4)cccc32)c(-c2ccccc2)c1.[Pt]. The number of fused-ring (bicyclic) bond motifs is 4. The van der Waals surface area contributed by atoms with Crippen LogP contribution in [0.15, 0.2) is 162 Å². The van der Waals surface area contributed by atoms with Crippen molar-refractivity contribution in [3.05, 3.63) is 181 Å². The van der Waals surface area contributed by atoms with Crippen molar-refractivity contribution < 1.29 is 30.6 Å². The number of aromatic nitrogens is 3. The zero-order chi connectivity index (χ0) is 45.4. The van der Waals surface area contributed by atoms with E-state index in [0.29, 0.717) is 11.4 Å². The van der Waals surface area contributed by atoms with Gasteiger partial charge in [0.1, 0.15) is 22.7 Å². The van der Waals surface area contributed by atoms with E-state index in [9.17, 15) is 5.11 Å². The molecule has 1 N–H and O–H groups in total. The quantitative estimate of drug-likeness (QED) is 0.169. The standard InChI is InChI=1S/C60H54N3O2.Pt/c1-58(2,3)42-27-28-49(46(34-42)38-21-14-11-15-22-38)63-50-25-18-24-44(55(50)62-57(63)47-35-43(59(4,5)6)36-48(56(47)64)60(7,8)9)40-31-39(37-19-12-10-13-20-37)32-41(33-40)54-53-45-23-16-17-26-51(45)65-52(53)29-30-61-54;/h10-32,34-36,64H,1-9H3;/q-1;. The fraction of sp³-hybridized carbons (Fsp3) is 0.200. The molecule has 10 aromatic rings. The summed E-state index contributed by atoms with van der Waals surface area (Å²) in [4.78, 5) is 10.7. The minimum atomic E-state index is -0.341. The first-order chi connectivity index (χ1) is 31.0. The molecule has 66 heavy (non-hydrogen) atoms. The second-order valence-corrected chi connectivity index (χ2v) is 20.4. The van der Waals surface area contributed by atoms with E-state index < -0.39 is 0 Å². The topological polar surface area (TPSA) is 64.1 Å². The van der Waals surface area contributed by atoms with Gasteiger partial charge in [-0.2, -0.15) is 0 Å². The van der Waals surface area contributed by atoms with E-state index in [-0.39, 0.29) is 43.1 Å². The van der Waals surface area contributed by atoms with Crippen LogP contribution in [0.5, 0.6) is 5.75 Å². The molecule has 3 aromatic heterocycles. The maximum atomic E-state index is 12.6. The van der Waals surface area contributed by atoms with Crippen LogP contribution in [0.4, 0.5) is 0 Å². The molecule has 0 amide bonds. The van der Waals surface area contributed by atoms with Gasteiger partial charge in [-0.15, -0.1) is 23.8 Å². The van der Waals surface area contributed by atoms with Crippen molar-refractivity contribution in [2.75, 3.05) is 0 Å². The summed E-state index contributed by atoms with van der Waals surface area (Å²) in [5, 5.41) is 14.5. The molecule has 6 heteroatoms. The van der Waals surface area contributed by atoms with Crippen LogP contribution in [0.1, 0.15) is 79.0 Å². The smallest absolute Gasteiger partial charge is 0.148 e. The molecule has 0 bridgehead atoms. The third-order valence-electron chi connectivity index (χ3n) is 12.7. The van der Waals surface area contributed by atoms with Gasteiger partial charge in [-0.3, -0.25) is 9.55 Å². The van der Waals surface area contributed by atoms with E-state index in [0.717, 1.165) is 94.4 Å². The van der Waals surface area contributed by atoms with Crippen LogP contribution in [-0.2, 0) is 37.3 Å². The number of imidazole rings is 1. The molecule has 0 radical (unpaired) electrons. The molecular formula is C60H54N3O2Pt-. The normalized spacial score (nSPS) is 12.3. The summed E-state index contributed by atoms with van der Waals surface area (Å²) >= 11 is 0. The Morgan fingerprint density at radius 3 is 1.89 bits per heavy atom. The first-order valence-corrected chi connectivity index (χ1v) is 22.5. The van der Waals surface area contributed by atoms with Crippen molar-refractivity contribution in [2.45, 2.75) is 78.6 Å². The number of phenolic OH excluding ortho intramolecular Hbond substituents is 1. The number of phenols is 1. The van der Waals surface area contributed by atoms with Crippen molar-refractivity contribution in [3.63, 3.8) is 0 Å². The second kappa shape index (κ2) is 16.7. The van der Waals surface area contributed by atoms with Crippen molar-refractivity contribution in [1.29, 1.82) is 0 Å². The molecule has 332 valence electrons. The number of aromatic hydroxyl groups is 1. The number of hydrogen-bond acceptors (Lipinski definition) is 4. The Hall–Kier alpha value is -6.55. The Kier molecular flexibility index (Phi) is 11.3. The summed E-state index contributed by atoms with van der Waals surface area (Å²) in [6.07, 6.45) is 1.82. The zero-order valence-electron chi connectivity index (χ0n) is 39.0. The molecule has 0 saturated heterocycles. The van der Waals surface area contributed by atoms with Crippen LogP contribution in [0, 0.1) is 6.07 Å². The predicted octanol–water partition coefficient (Wildman–Crippen LogP) is 16.1. The van der Waals surface area contributed by atoms with Gasteiger partial charge in [-0.05, 0) is 74.9 Å². The second-order valence-electron chi connectivity index (χ2n) is 20.4. The van der Waals surface area contributed by atoms with Crippen molar-refractivity contribution >= 4 is 33.0 Å². The van der Waals surface area contributed by atoms with Crippen LogP contribution in [-0.4, -0.2) is 19.6 Å². The van der Waals surface area contributed by atoms with Gasteiger partial charge in [0.25, 0.3) is 0 Å². The van der Waals surface area contributed by atoms with E-state index in [1.807, 2.05) is 36.5 Å². The summed E-state index contributed by atoms with van der Waals surface area (Å²) < 4.78 is 8.62. The van der Waals surface area contributed by atoms with Gasteiger partial charge < -0.3 is 9.52 Å². The molecule has 7 aromatic carbocycles. The number of rotatable bonds is 6. The van der Waals surface area contributed by atoms with Crippen molar-refractivity contribution in [3.8, 4) is 67.5 Å². The number of furan rings is 1. The maximum Gasteiger partial charge on any atom is 0.148 e. The minimum Gasteiger partial charge on any atom is -0.507 e. The van der Waals surface area contributed by atoms with Crippen LogP contribution < -0.4 is 0 Å². The third kappa shape index (κ3) is 7.98. The molecule has 10 rings (SSSR count). The molecule has 0 saturated carbocycles. The molecular weight excluding hydrogens is 990 g/mol. The molecule has 3 heterocycles. The van der Waals surface area contributed by atoms with Gasteiger partial charge >= 0.3 is 0 Å². The third-order valence-corrected chi connectivity index (χ3v) is 12.7. The van der Waals surface area contributed by atoms with E-state index in [2.05, 4.69) is 194 Å². The van der Waals surface area contributed by atoms with Crippen LogP contribution in [0.25, 0.3) is 94.7 Å². The first-order valence-electron chi connectivity index (χ1n) is 22.5. The fourth-order valence-corrected chi connectivity index (χ4v) is 9.11. The van der Waals surface area contributed by atoms with E-state index >= 15 is 0 Å². The van der Waals surface area contributed by atoms with E-state index in [4.69, 9.17) is 14.4 Å². The Morgan fingerprint density at radius 2 is 1.20 bits per heavy atom. The van der Waals surface area contributed by atoms with Gasteiger partial charge in [0, 0.05) is 54.9 Å². The Labute approximate surface area is 402 Å². The van der Waals surface area contributed by atoms with Gasteiger partial charge in [0.05, 0.1) is 22.3 Å². The molecule has 0 aliphatic heterocycles.